The highest BCUT2D eigenvalue weighted by Gasteiger charge is 2.35. The van der Waals surface area contributed by atoms with Crippen molar-refractivity contribution in [3.05, 3.63) is 63.9 Å². The molecule has 1 aromatic heterocycles. The number of nitrogens with zero attached hydrogens (tertiary/aromatic N) is 1. The number of aromatic nitrogens is 1. The number of hydrogen-bond acceptors (Lipinski definition) is 5. The Labute approximate surface area is 197 Å². The number of aromatic amines is 1. The lowest BCUT2D eigenvalue weighted by atomic mass is 10.1. The van der Waals surface area contributed by atoms with Crippen LogP contribution in [0.4, 0.5) is 5.69 Å². The Kier molecular flexibility index (Phi) is 6.48. The third-order valence-corrected chi connectivity index (χ3v) is 7.67. The van der Waals surface area contributed by atoms with E-state index >= 15 is 0 Å². The summed E-state index contributed by atoms with van der Waals surface area (Å²) in [6, 6.07) is 12.5. The van der Waals surface area contributed by atoms with Crippen LogP contribution in [0.5, 0.6) is 5.75 Å². The first-order chi connectivity index (χ1) is 16.1. The van der Waals surface area contributed by atoms with E-state index < -0.39 is 16.0 Å². The molecule has 2 aromatic carbocycles. The third-order valence-electron chi connectivity index (χ3n) is 6.21. The van der Waals surface area contributed by atoms with E-state index in [-0.39, 0.29) is 29.8 Å². The number of pyridine rings is 1. The Morgan fingerprint density at radius 1 is 1.24 bits per heavy atom. The second kappa shape index (κ2) is 9.21. The second-order valence-corrected chi connectivity index (χ2v) is 10.6. The van der Waals surface area contributed by atoms with Gasteiger partial charge in [-0.3, -0.25) is 14.1 Å². The average Bonchev–Trinajstić information content (AvgIpc) is 2.78. The standard InChI is InChI=1S/C24H27N3O6S/c1-16-5-3-6-17-13-18(24(30)26-23(16)17)15-27(2)11-12-33-21-14-19(8-9-20(21)27)34(31,32)25-10-4-7-22(28)29/h3,5-6,8-9,13-14,25H,4,7,10-12,15H2,1-2H3,(H-,26,28,29,30)/p+1. The van der Waals surface area contributed by atoms with Crippen molar-refractivity contribution < 1.29 is 23.1 Å². The Hall–Kier alpha value is -3.21. The average molecular weight is 487 g/mol. The first-order valence-electron chi connectivity index (χ1n) is 11.0. The molecule has 0 amide bonds. The number of para-hydroxylation sites is 1. The lowest BCUT2D eigenvalue weighted by Gasteiger charge is -2.38. The highest BCUT2D eigenvalue weighted by molar-refractivity contribution is 7.89. The number of carboxylic acid groups (broad SMARTS) is 1. The molecule has 1 unspecified atom stereocenters. The van der Waals surface area contributed by atoms with Crippen LogP contribution in [0.15, 0.2) is 52.2 Å². The fraction of sp³-hybridized carbons (Fsp3) is 0.333. The van der Waals surface area contributed by atoms with Crippen LogP contribution < -0.4 is 19.5 Å². The summed E-state index contributed by atoms with van der Waals surface area (Å²) in [5.41, 5.74) is 3.12. The lowest BCUT2D eigenvalue weighted by Crippen LogP contribution is -2.50. The molecule has 0 bridgehead atoms. The van der Waals surface area contributed by atoms with E-state index in [1.807, 2.05) is 38.2 Å². The minimum Gasteiger partial charge on any atom is -0.481 e. The van der Waals surface area contributed by atoms with Gasteiger partial charge in [-0.15, -0.1) is 0 Å². The quantitative estimate of drug-likeness (QED) is 0.332. The van der Waals surface area contributed by atoms with Crippen molar-refractivity contribution in [3.8, 4) is 5.75 Å². The summed E-state index contributed by atoms with van der Waals surface area (Å²) in [6.45, 7) is 3.41. The maximum absolute atomic E-state index is 12.8. The fourth-order valence-corrected chi connectivity index (χ4v) is 5.41. The number of rotatable bonds is 8. The van der Waals surface area contributed by atoms with Crippen molar-refractivity contribution in [1.82, 2.24) is 14.2 Å². The molecule has 9 nitrogen and oxygen atoms in total. The Bertz CT molecular complexity index is 1420. The number of likely N-dealkylation sites (N-methyl/N-ethyl adjacent to an activating group) is 1. The number of carbonyl (C=O) groups is 1. The van der Waals surface area contributed by atoms with Crippen LogP contribution in [0, 0.1) is 6.92 Å². The molecule has 0 radical (unpaired) electrons. The van der Waals surface area contributed by atoms with E-state index in [1.165, 1.54) is 12.1 Å². The van der Waals surface area contributed by atoms with Gasteiger partial charge in [-0.2, -0.15) is 0 Å². The molecule has 1 aliphatic rings. The van der Waals surface area contributed by atoms with Gasteiger partial charge < -0.3 is 14.8 Å². The minimum absolute atomic E-state index is 0.0323. The number of aryl methyl sites for hydroxylation is 1. The van der Waals surface area contributed by atoms with Crippen molar-refractivity contribution in [1.29, 1.82) is 0 Å². The van der Waals surface area contributed by atoms with Crippen LogP contribution >= 0.6 is 0 Å². The molecule has 180 valence electrons. The summed E-state index contributed by atoms with van der Waals surface area (Å²) in [5.74, 6) is -0.519. The summed E-state index contributed by atoms with van der Waals surface area (Å²) in [5, 5.41) is 9.67. The van der Waals surface area contributed by atoms with E-state index in [1.54, 1.807) is 6.07 Å². The molecule has 4 rings (SSSR count). The molecule has 2 heterocycles. The van der Waals surface area contributed by atoms with Crippen LogP contribution in [-0.4, -0.2) is 51.2 Å². The zero-order valence-electron chi connectivity index (χ0n) is 19.1. The molecule has 3 N–H and O–H groups in total. The maximum atomic E-state index is 12.8. The SMILES string of the molecule is Cc1cccc2cc(C[N+]3(C)CCOc4cc(S(=O)(=O)NCCCC(=O)O)ccc43)c(=O)[nH]c12. The van der Waals surface area contributed by atoms with Crippen molar-refractivity contribution in [3.63, 3.8) is 0 Å². The topological polar surface area (TPSA) is 126 Å². The molecule has 1 atom stereocenters. The van der Waals surface area contributed by atoms with E-state index in [2.05, 4.69) is 9.71 Å². The smallest absolute Gasteiger partial charge is 0.303 e. The summed E-state index contributed by atoms with van der Waals surface area (Å²) in [4.78, 5) is 26.5. The number of sulfonamides is 1. The van der Waals surface area contributed by atoms with Crippen molar-refractivity contribution in [2.45, 2.75) is 31.2 Å². The van der Waals surface area contributed by atoms with Gasteiger partial charge in [0.2, 0.25) is 10.0 Å². The molecule has 0 saturated carbocycles. The number of hydrogen-bond donors (Lipinski definition) is 3. The molecule has 10 heteroatoms. The summed E-state index contributed by atoms with van der Waals surface area (Å²) >= 11 is 0. The minimum atomic E-state index is -3.81. The molecule has 0 spiro atoms. The summed E-state index contributed by atoms with van der Waals surface area (Å²) < 4.78 is 33.9. The predicted octanol–water partition coefficient (Wildman–Crippen LogP) is 2.51. The molecule has 3 aromatic rings. The molecule has 0 saturated heterocycles. The number of aliphatic carboxylic acids is 1. The Balaban J connectivity index is 1.61. The van der Waals surface area contributed by atoms with Gasteiger partial charge in [0.05, 0.1) is 23.0 Å². The summed E-state index contributed by atoms with van der Waals surface area (Å²) in [7, 11) is -1.81. The van der Waals surface area contributed by atoms with Gasteiger partial charge in [0.25, 0.3) is 5.56 Å². The van der Waals surface area contributed by atoms with Gasteiger partial charge >= 0.3 is 5.97 Å². The highest BCUT2D eigenvalue weighted by atomic mass is 32.2. The van der Waals surface area contributed by atoms with Crippen LogP contribution in [0.2, 0.25) is 0 Å². The molecule has 1 aliphatic heterocycles. The largest absolute Gasteiger partial charge is 0.481 e. The zero-order valence-corrected chi connectivity index (χ0v) is 19.9. The number of benzene rings is 2. The highest BCUT2D eigenvalue weighted by Crippen LogP contribution is 2.38. The number of H-pyrrole nitrogens is 1. The van der Waals surface area contributed by atoms with E-state index in [4.69, 9.17) is 9.84 Å². The van der Waals surface area contributed by atoms with Crippen molar-refractivity contribution in [2.24, 2.45) is 0 Å². The van der Waals surface area contributed by atoms with Gasteiger partial charge in [-0.05, 0) is 36.4 Å². The van der Waals surface area contributed by atoms with Gasteiger partial charge in [-0.1, -0.05) is 18.2 Å². The van der Waals surface area contributed by atoms with E-state index in [0.717, 1.165) is 22.2 Å². The molecule has 0 fully saturated rings. The number of fused-ring (bicyclic) bond motifs is 2. The van der Waals surface area contributed by atoms with Crippen LogP contribution in [0.25, 0.3) is 10.9 Å². The number of ether oxygens (including phenoxy) is 1. The van der Waals surface area contributed by atoms with Crippen molar-refractivity contribution in [2.75, 3.05) is 26.7 Å². The molecule has 34 heavy (non-hydrogen) atoms. The first-order valence-corrected chi connectivity index (χ1v) is 12.5. The molecular weight excluding hydrogens is 458 g/mol. The zero-order chi connectivity index (χ0) is 24.5. The normalized spacial score (nSPS) is 17.8. The Morgan fingerprint density at radius 2 is 2.03 bits per heavy atom. The summed E-state index contributed by atoms with van der Waals surface area (Å²) in [6.07, 6.45) is 0.0872. The van der Waals surface area contributed by atoms with Gasteiger partial charge in [-0.25, -0.2) is 13.1 Å². The van der Waals surface area contributed by atoms with Gasteiger partial charge in [0.15, 0.2) is 11.4 Å². The number of nitrogens with one attached hydrogen (secondary N) is 2. The molecule has 0 aliphatic carbocycles. The predicted molar refractivity (Wildman–Crippen MR) is 130 cm³/mol. The van der Waals surface area contributed by atoms with Gasteiger partial charge in [0.1, 0.15) is 19.7 Å². The monoisotopic (exact) mass is 486 g/mol. The lowest BCUT2D eigenvalue weighted by molar-refractivity contribution is -0.137. The fourth-order valence-electron chi connectivity index (χ4n) is 4.32. The van der Waals surface area contributed by atoms with Crippen LogP contribution in [-0.2, 0) is 21.4 Å². The van der Waals surface area contributed by atoms with Crippen molar-refractivity contribution >= 4 is 32.6 Å². The van der Waals surface area contributed by atoms with E-state index in [9.17, 15) is 18.0 Å². The first kappa shape index (κ1) is 23.9. The number of carboxylic acids is 1. The number of quaternary nitrogens is 1. The third kappa shape index (κ3) is 4.84. The Morgan fingerprint density at radius 3 is 2.79 bits per heavy atom. The van der Waals surface area contributed by atoms with Crippen LogP contribution in [0.3, 0.4) is 0 Å². The van der Waals surface area contributed by atoms with Gasteiger partial charge in [0, 0.05) is 25.1 Å². The maximum Gasteiger partial charge on any atom is 0.303 e. The van der Waals surface area contributed by atoms with Crippen LogP contribution in [0.1, 0.15) is 24.0 Å². The van der Waals surface area contributed by atoms with E-state index in [0.29, 0.717) is 35.5 Å². The molecular formula is C24H28N3O6S+. The second-order valence-electron chi connectivity index (χ2n) is 8.81.